The molecule has 4 heteroatoms. The number of nitrogens with zero attached hydrogens (tertiary/aromatic N) is 1. The molecule has 0 aliphatic carbocycles. The smallest absolute Gasteiger partial charge is 0.159 e. The molecule has 1 heterocycles. The number of hydrogen-bond donors (Lipinski definition) is 1. The second-order valence-electron chi connectivity index (χ2n) is 5.62. The molecule has 0 fully saturated rings. The number of Topliss-reactive ketones (excluding diaryl/α,β-unsaturated/α-hetero) is 1. The highest BCUT2D eigenvalue weighted by molar-refractivity contribution is 5.95. The molecule has 0 saturated heterocycles. The number of carbonyl (C=O) groups is 1. The second-order valence-corrected chi connectivity index (χ2v) is 5.62. The fourth-order valence-electron chi connectivity index (χ4n) is 2.95. The number of nitrogens with one attached hydrogen (secondary N) is 1. The van der Waals surface area contributed by atoms with Gasteiger partial charge in [0.15, 0.2) is 5.78 Å². The third-order valence-electron chi connectivity index (χ3n) is 4.06. The lowest BCUT2D eigenvalue weighted by Crippen LogP contribution is -2.16. The van der Waals surface area contributed by atoms with Gasteiger partial charge >= 0.3 is 0 Å². The summed E-state index contributed by atoms with van der Waals surface area (Å²) >= 11 is 0. The summed E-state index contributed by atoms with van der Waals surface area (Å²) in [5.41, 5.74) is 4.46. The third-order valence-corrected chi connectivity index (χ3v) is 4.06. The summed E-state index contributed by atoms with van der Waals surface area (Å²) in [6.07, 6.45) is 0.826. The molecule has 0 amide bonds. The van der Waals surface area contributed by atoms with Gasteiger partial charge in [-0.3, -0.25) is 4.79 Å². The van der Waals surface area contributed by atoms with Crippen LogP contribution >= 0.6 is 0 Å². The van der Waals surface area contributed by atoms with E-state index in [1.54, 1.807) is 13.0 Å². The van der Waals surface area contributed by atoms with E-state index in [0.29, 0.717) is 17.8 Å². The molecule has 2 aromatic carbocycles. The average molecular weight is 298 g/mol. The Balaban J connectivity index is 1.99. The van der Waals surface area contributed by atoms with E-state index < -0.39 is 0 Å². The number of rotatable bonds is 4. The van der Waals surface area contributed by atoms with Crippen LogP contribution in [-0.2, 0) is 13.0 Å². The number of anilines is 2. The van der Waals surface area contributed by atoms with Crippen LogP contribution in [0.2, 0.25) is 0 Å². The third kappa shape index (κ3) is 2.62. The Kier molecular flexibility index (Phi) is 3.94. The molecule has 0 bridgehead atoms. The van der Waals surface area contributed by atoms with Gasteiger partial charge in [-0.05, 0) is 61.9 Å². The van der Waals surface area contributed by atoms with Gasteiger partial charge in [0.2, 0.25) is 0 Å². The molecular weight excluding hydrogens is 279 g/mol. The Labute approximate surface area is 129 Å². The Morgan fingerprint density at radius 1 is 1.23 bits per heavy atom. The normalized spacial score (nSPS) is 13.3. The number of halogens is 1. The highest BCUT2D eigenvalue weighted by Gasteiger charge is 2.23. The number of hydrogen-bond acceptors (Lipinski definition) is 3. The predicted octanol–water partition coefficient (Wildman–Crippen LogP) is 3.44. The van der Waals surface area contributed by atoms with Crippen LogP contribution in [0.25, 0.3) is 0 Å². The van der Waals surface area contributed by atoms with Crippen LogP contribution in [-0.4, -0.2) is 19.4 Å². The lowest BCUT2D eigenvalue weighted by molar-refractivity contribution is 0.101. The standard InChI is InChI=1S/C18H19FN2O/c1-12(22)14-4-6-17-15(10-14)7-8-21(17)18-9-13(11-20-2)3-5-16(18)19/h3-6,9-10,20H,7-8,11H2,1-2H3. The van der Waals surface area contributed by atoms with Crippen molar-refractivity contribution in [1.29, 1.82) is 0 Å². The fourth-order valence-corrected chi connectivity index (χ4v) is 2.95. The van der Waals surface area contributed by atoms with E-state index in [1.807, 2.05) is 36.2 Å². The topological polar surface area (TPSA) is 32.3 Å². The molecule has 114 valence electrons. The number of ketones is 1. The van der Waals surface area contributed by atoms with Crippen molar-refractivity contribution in [3.63, 3.8) is 0 Å². The molecule has 0 atom stereocenters. The van der Waals surface area contributed by atoms with Crippen LogP contribution in [0.15, 0.2) is 36.4 Å². The predicted molar refractivity (Wildman–Crippen MR) is 86.3 cm³/mol. The monoisotopic (exact) mass is 298 g/mol. The second kappa shape index (κ2) is 5.89. The minimum Gasteiger partial charge on any atom is -0.339 e. The Hall–Kier alpha value is -2.20. The van der Waals surface area contributed by atoms with Gasteiger partial charge in [-0.1, -0.05) is 6.07 Å². The molecule has 0 aromatic heterocycles. The molecule has 0 radical (unpaired) electrons. The summed E-state index contributed by atoms with van der Waals surface area (Å²) in [4.78, 5) is 13.5. The average Bonchev–Trinajstić information content (AvgIpc) is 2.92. The first-order valence-electron chi connectivity index (χ1n) is 7.44. The Morgan fingerprint density at radius 3 is 2.77 bits per heavy atom. The number of benzene rings is 2. The molecule has 3 nitrogen and oxygen atoms in total. The van der Waals surface area contributed by atoms with Gasteiger partial charge in [-0.25, -0.2) is 4.39 Å². The van der Waals surface area contributed by atoms with Crippen molar-refractivity contribution in [3.05, 3.63) is 58.9 Å². The van der Waals surface area contributed by atoms with Crippen molar-refractivity contribution in [2.45, 2.75) is 19.9 Å². The maximum Gasteiger partial charge on any atom is 0.159 e. The quantitative estimate of drug-likeness (QED) is 0.878. The molecule has 1 N–H and O–H groups in total. The number of carbonyl (C=O) groups excluding carboxylic acids is 1. The lowest BCUT2D eigenvalue weighted by atomic mass is 10.1. The van der Waals surface area contributed by atoms with Crippen LogP contribution < -0.4 is 10.2 Å². The van der Waals surface area contributed by atoms with Gasteiger partial charge in [0.05, 0.1) is 5.69 Å². The molecule has 1 aliphatic heterocycles. The van der Waals surface area contributed by atoms with Crippen molar-refractivity contribution < 1.29 is 9.18 Å². The van der Waals surface area contributed by atoms with E-state index in [2.05, 4.69) is 5.32 Å². The van der Waals surface area contributed by atoms with Crippen molar-refractivity contribution in [3.8, 4) is 0 Å². The van der Waals surface area contributed by atoms with Crippen molar-refractivity contribution in [2.75, 3.05) is 18.5 Å². The molecular formula is C18H19FN2O. The van der Waals surface area contributed by atoms with E-state index in [9.17, 15) is 9.18 Å². The SMILES string of the molecule is CNCc1ccc(F)c(N2CCc3cc(C(C)=O)ccc32)c1. The number of fused-ring (bicyclic) bond motifs is 1. The molecule has 0 spiro atoms. The largest absolute Gasteiger partial charge is 0.339 e. The van der Waals surface area contributed by atoms with Crippen LogP contribution in [0.4, 0.5) is 15.8 Å². The fraction of sp³-hybridized carbons (Fsp3) is 0.278. The van der Waals surface area contributed by atoms with Crippen LogP contribution in [0.5, 0.6) is 0 Å². The maximum absolute atomic E-state index is 14.2. The van der Waals surface area contributed by atoms with E-state index in [1.165, 1.54) is 6.07 Å². The van der Waals surface area contributed by atoms with E-state index in [4.69, 9.17) is 0 Å². The van der Waals surface area contributed by atoms with Gasteiger partial charge < -0.3 is 10.2 Å². The first-order chi connectivity index (χ1) is 10.6. The first kappa shape index (κ1) is 14.7. The first-order valence-corrected chi connectivity index (χ1v) is 7.44. The van der Waals surface area contributed by atoms with Gasteiger partial charge in [-0.15, -0.1) is 0 Å². The van der Waals surface area contributed by atoms with E-state index in [0.717, 1.165) is 29.8 Å². The van der Waals surface area contributed by atoms with Gasteiger partial charge in [-0.2, -0.15) is 0 Å². The molecule has 2 aromatic rings. The van der Waals surface area contributed by atoms with Crippen LogP contribution in [0.3, 0.4) is 0 Å². The highest BCUT2D eigenvalue weighted by Crippen LogP contribution is 2.36. The summed E-state index contributed by atoms with van der Waals surface area (Å²) < 4.78 is 14.2. The summed E-state index contributed by atoms with van der Waals surface area (Å²) in [5.74, 6) is -0.160. The highest BCUT2D eigenvalue weighted by atomic mass is 19.1. The summed E-state index contributed by atoms with van der Waals surface area (Å²) in [5, 5.41) is 3.08. The molecule has 1 aliphatic rings. The van der Waals surface area contributed by atoms with E-state index >= 15 is 0 Å². The van der Waals surface area contributed by atoms with Crippen LogP contribution in [0.1, 0.15) is 28.4 Å². The molecule has 3 rings (SSSR count). The molecule has 22 heavy (non-hydrogen) atoms. The zero-order chi connectivity index (χ0) is 15.7. The zero-order valence-corrected chi connectivity index (χ0v) is 12.8. The summed E-state index contributed by atoms with van der Waals surface area (Å²) in [6.45, 7) is 3.00. The minimum absolute atomic E-state index is 0.0587. The van der Waals surface area contributed by atoms with Gasteiger partial charge in [0.1, 0.15) is 5.82 Å². The Morgan fingerprint density at radius 2 is 2.05 bits per heavy atom. The molecule has 0 saturated carbocycles. The summed E-state index contributed by atoms with van der Waals surface area (Å²) in [6, 6.07) is 10.9. The van der Waals surface area contributed by atoms with Crippen molar-refractivity contribution in [1.82, 2.24) is 5.32 Å². The van der Waals surface area contributed by atoms with Gasteiger partial charge in [0.25, 0.3) is 0 Å². The van der Waals surface area contributed by atoms with Crippen molar-refractivity contribution >= 4 is 17.2 Å². The minimum atomic E-state index is -0.219. The summed E-state index contributed by atoms with van der Waals surface area (Å²) in [7, 11) is 1.87. The van der Waals surface area contributed by atoms with Crippen molar-refractivity contribution in [2.24, 2.45) is 0 Å². The zero-order valence-electron chi connectivity index (χ0n) is 12.8. The van der Waals surface area contributed by atoms with E-state index in [-0.39, 0.29) is 11.6 Å². The molecule has 0 unspecified atom stereocenters. The van der Waals surface area contributed by atoms with Crippen LogP contribution in [0, 0.1) is 5.82 Å². The van der Waals surface area contributed by atoms with Gasteiger partial charge in [0, 0.05) is 24.3 Å². The lowest BCUT2D eigenvalue weighted by Gasteiger charge is -2.21. The maximum atomic E-state index is 14.2. The Bertz CT molecular complexity index is 727.